The Bertz CT molecular complexity index is 607. The van der Waals surface area contributed by atoms with Gasteiger partial charge in [-0.3, -0.25) is 0 Å². The fourth-order valence-electron chi connectivity index (χ4n) is 2.08. The van der Waals surface area contributed by atoms with Gasteiger partial charge in [-0.25, -0.2) is 4.98 Å². The average molecular weight is 222 g/mol. The van der Waals surface area contributed by atoms with Gasteiger partial charge in [-0.05, 0) is 43.5 Å². The van der Waals surface area contributed by atoms with Crippen molar-refractivity contribution in [3.8, 4) is 17.2 Å². The van der Waals surface area contributed by atoms with Gasteiger partial charge in [0, 0.05) is 11.8 Å². The minimum absolute atomic E-state index is 0.497. The van der Waals surface area contributed by atoms with Gasteiger partial charge in [-0.1, -0.05) is 23.8 Å². The van der Waals surface area contributed by atoms with Crippen LogP contribution in [0.1, 0.15) is 22.4 Å². The van der Waals surface area contributed by atoms with Gasteiger partial charge in [0.05, 0.1) is 0 Å². The van der Waals surface area contributed by atoms with Gasteiger partial charge < -0.3 is 0 Å². The summed E-state index contributed by atoms with van der Waals surface area (Å²) in [5.74, 6) is 0. The first-order valence-electron chi connectivity index (χ1n) is 5.57. The Hall–Kier alpha value is -2.14. The van der Waals surface area contributed by atoms with E-state index >= 15 is 0 Å². The number of nitriles is 1. The number of aromatic nitrogens is 1. The molecule has 0 N–H and O–H groups in total. The second-order valence-corrected chi connectivity index (χ2v) is 4.28. The first-order valence-corrected chi connectivity index (χ1v) is 5.57. The predicted molar refractivity (Wildman–Crippen MR) is 68.6 cm³/mol. The quantitative estimate of drug-likeness (QED) is 0.739. The molecule has 0 saturated heterocycles. The van der Waals surface area contributed by atoms with E-state index in [4.69, 9.17) is 5.26 Å². The highest BCUT2D eigenvalue weighted by atomic mass is 14.7. The normalized spacial score (nSPS) is 10.0. The van der Waals surface area contributed by atoms with Crippen molar-refractivity contribution in [2.75, 3.05) is 0 Å². The summed E-state index contributed by atoms with van der Waals surface area (Å²) in [5, 5.41) is 9.14. The van der Waals surface area contributed by atoms with Crippen LogP contribution in [0.15, 0.2) is 30.5 Å². The summed E-state index contributed by atoms with van der Waals surface area (Å²) in [4.78, 5) is 4.14. The van der Waals surface area contributed by atoms with Gasteiger partial charge in [-0.15, -0.1) is 0 Å². The number of benzene rings is 1. The average Bonchev–Trinajstić information content (AvgIpc) is 2.30. The van der Waals surface area contributed by atoms with E-state index in [0.717, 1.165) is 16.7 Å². The van der Waals surface area contributed by atoms with Gasteiger partial charge in [0.25, 0.3) is 0 Å². The zero-order valence-corrected chi connectivity index (χ0v) is 10.3. The van der Waals surface area contributed by atoms with Crippen LogP contribution < -0.4 is 0 Å². The van der Waals surface area contributed by atoms with E-state index < -0.39 is 0 Å². The Labute approximate surface area is 102 Å². The third-order valence-corrected chi connectivity index (χ3v) is 2.92. The van der Waals surface area contributed by atoms with Crippen molar-refractivity contribution < 1.29 is 0 Å². The first kappa shape index (κ1) is 11.3. The molecule has 0 aliphatic rings. The van der Waals surface area contributed by atoms with Crippen molar-refractivity contribution in [3.05, 3.63) is 52.8 Å². The van der Waals surface area contributed by atoms with E-state index in [9.17, 15) is 0 Å². The fourth-order valence-corrected chi connectivity index (χ4v) is 2.08. The predicted octanol–water partition coefficient (Wildman–Crippen LogP) is 3.55. The van der Waals surface area contributed by atoms with Crippen LogP contribution in [0.3, 0.4) is 0 Å². The molecule has 17 heavy (non-hydrogen) atoms. The van der Waals surface area contributed by atoms with Crippen LogP contribution >= 0.6 is 0 Å². The molecule has 0 aliphatic heterocycles. The summed E-state index contributed by atoms with van der Waals surface area (Å²) in [6.07, 6.45) is 1.68. The summed E-state index contributed by atoms with van der Waals surface area (Å²) in [6.45, 7) is 6.14. The molecule has 0 fully saturated rings. The molecule has 0 bridgehead atoms. The van der Waals surface area contributed by atoms with Gasteiger partial charge in [0.15, 0.2) is 0 Å². The second-order valence-electron chi connectivity index (χ2n) is 4.28. The molecule has 2 nitrogen and oxygen atoms in total. The van der Waals surface area contributed by atoms with E-state index in [1.54, 1.807) is 6.20 Å². The summed E-state index contributed by atoms with van der Waals surface area (Å²) in [5.41, 5.74) is 6.04. The summed E-state index contributed by atoms with van der Waals surface area (Å²) >= 11 is 0. The second kappa shape index (κ2) is 4.39. The fraction of sp³-hybridized carbons (Fsp3) is 0.200. The van der Waals surface area contributed by atoms with Gasteiger partial charge in [-0.2, -0.15) is 5.26 Å². The van der Waals surface area contributed by atoms with Crippen LogP contribution in [-0.2, 0) is 0 Å². The van der Waals surface area contributed by atoms with E-state index in [-0.39, 0.29) is 0 Å². The van der Waals surface area contributed by atoms with Crippen LogP contribution in [0, 0.1) is 32.1 Å². The maximum absolute atomic E-state index is 9.14. The zero-order valence-electron chi connectivity index (χ0n) is 10.3. The third kappa shape index (κ3) is 2.05. The van der Waals surface area contributed by atoms with Crippen molar-refractivity contribution in [2.45, 2.75) is 20.8 Å². The highest BCUT2D eigenvalue weighted by Crippen LogP contribution is 2.29. The highest BCUT2D eigenvalue weighted by Gasteiger charge is 2.11. The van der Waals surface area contributed by atoms with Gasteiger partial charge in [0.1, 0.15) is 11.8 Å². The Morgan fingerprint density at radius 2 is 1.82 bits per heavy atom. The lowest BCUT2D eigenvalue weighted by molar-refractivity contribution is 1.23. The molecular weight excluding hydrogens is 208 g/mol. The van der Waals surface area contributed by atoms with Gasteiger partial charge in [0.2, 0.25) is 0 Å². The van der Waals surface area contributed by atoms with E-state index in [2.05, 4.69) is 43.1 Å². The molecule has 1 aromatic carbocycles. The molecule has 0 spiro atoms. The van der Waals surface area contributed by atoms with E-state index in [0.29, 0.717) is 5.69 Å². The summed E-state index contributed by atoms with van der Waals surface area (Å²) in [7, 11) is 0. The van der Waals surface area contributed by atoms with Crippen molar-refractivity contribution in [1.82, 2.24) is 4.98 Å². The lowest BCUT2D eigenvalue weighted by Crippen LogP contribution is -1.94. The SMILES string of the molecule is Cc1ccc(-c2c(C)ccnc2C#N)c(C)c1. The molecule has 2 rings (SSSR count). The molecule has 0 atom stereocenters. The van der Waals surface area contributed by atoms with E-state index in [1.165, 1.54) is 11.1 Å². The number of hydrogen-bond acceptors (Lipinski definition) is 2. The van der Waals surface area contributed by atoms with Crippen molar-refractivity contribution in [2.24, 2.45) is 0 Å². The highest BCUT2D eigenvalue weighted by molar-refractivity contribution is 5.74. The summed E-state index contributed by atoms with van der Waals surface area (Å²) < 4.78 is 0. The summed E-state index contributed by atoms with van der Waals surface area (Å²) in [6, 6.07) is 10.4. The zero-order chi connectivity index (χ0) is 12.4. The van der Waals surface area contributed by atoms with Crippen molar-refractivity contribution in [1.29, 1.82) is 5.26 Å². The molecular formula is C15H14N2. The molecule has 1 heterocycles. The van der Waals surface area contributed by atoms with Crippen LogP contribution in [-0.4, -0.2) is 4.98 Å². The molecule has 2 aromatic rings. The van der Waals surface area contributed by atoms with Crippen molar-refractivity contribution >= 4 is 0 Å². The van der Waals surface area contributed by atoms with Crippen LogP contribution in [0.4, 0.5) is 0 Å². The molecule has 2 heteroatoms. The molecule has 0 radical (unpaired) electrons. The standard InChI is InChI=1S/C15H14N2/c1-10-4-5-13(12(3)8-10)15-11(2)6-7-17-14(15)9-16/h4-8H,1-3H3. The minimum Gasteiger partial charge on any atom is -0.245 e. The maximum Gasteiger partial charge on any atom is 0.148 e. The molecule has 0 aliphatic carbocycles. The smallest absolute Gasteiger partial charge is 0.148 e. The number of aryl methyl sites for hydroxylation is 3. The van der Waals surface area contributed by atoms with Crippen LogP contribution in [0.25, 0.3) is 11.1 Å². The van der Waals surface area contributed by atoms with E-state index in [1.807, 2.05) is 13.0 Å². The lowest BCUT2D eigenvalue weighted by Gasteiger charge is -2.11. The number of hydrogen-bond donors (Lipinski definition) is 0. The maximum atomic E-state index is 9.14. The monoisotopic (exact) mass is 222 g/mol. The largest absolute Gasteiger partial charge is 0.245 e. The molecule has 0 saturated carbocycles. The first-order chi connectivity index (χ1) is 8.13. The van der Waals surface area contributed by atoms with Crippen LogP contribution in [0.2, 0.25) is 0 Å². The molecule has 0 unspecified atom stereocenters. The molecule has 0 amide bonds. The number of nitrogens with zero attached hydrogens (tertiary/aromatic N) is 2. The Morgan fingerprint density at radius 3 is 2.47 bits per heavy atom. The van der Waals surface area contributed by atoms with Crippen LogP contribution in [0.5, 0.6) is 0 Å². The topological polar surface area (TPSA) is 36.7 Å². The Kier molecular flexibility index (Phi) is 2.93. The number of rotatable bonds is 1. The minimum atomic E-state index is 0.497. The van der Waals surface area contributed by atoms with Crippen molar-refractivity contribution in [3.63, 3.8) is 0 Å². The molecule has 84 valence electrons. The Morgan fingerprint density at radius 1 is 1.06 bits per heavy atom. The number of pyridine rings is 1. The Balaban J connectivity index is 2.73. The third-order valence-electron chi connectivity index (χ3n) is 2.92. The lowest BCUT2D eigenvalue weighted by atomic mass is 9.94. The van der Waals surface area contributed by atoms with Gasteiger partial charge >= 0.3 is 0 Å². The molecule has 1 aromatic heterocycles.